The third-order valence-electron chi connectivity index (χ3n) is 3.27. The molecule has 0 aliphatic carbocycles. The Labute approximate surface area is 121 Å². The van der Waals surface area contributed by atoms with E-state index in [0.717, 1.165) is 31.6 Å². The van der Waals surface area contributed by atoms with E-state index in [4.69, 9.17) is 9.47 Å². The van der Waals surface area contributed by atoms with Crippen molar-refractivity contribution in [2.75, 3.05) is 13.7 Å². The first-order valence-corrected chi connectivity index (χ1v) is 7.13. The molecule has 0 radical (unpaired) electrons. The molecular weight excluding hydrogens is 248 g/mol. The Kier molecular flexibility index (Phi) is 6.12. The van der Waals surface area contributed by atoms with Gasteiger partial charge in [-0.15, -0.1) is 0 Å². The van der Waals surface area contributed by atoms with Crippen molar-refractivity contribution in [3.63, 3.8) is 0 Å². The van der Waals surface area contributed by atoms with Gasteiger partial charge in [0.15, 0.2) is 0 Å². The molecule has 0 aliphatic heterocycles. The van der Waals surface area contributed by atoms with Gasteiger partial charge in [0, 0.05) is 6.61 Å². The highest BCUT2D eigenvalue weighted by atomic mass is 16.5. The molecule has 0 unspecified atom stereocenters. The van der Waals surface area contributed by atoms with E-state index in [0.29, 0.717) is 6.61 Å². The van der Waals surface area contributed by atoms with Crippen molar-refractivity contribution in [3.05, 3.63) is 65.7 Å². The SMILES string of the molecule is COc1ccc(CCCCOCc2ccccc2)cc1. The molecule has 0 atom stereocenters. The highest BCUT2D eigenvalue weighted by Crippen LogP contribution is 2.13. The Morgan fingerprint density at radius 2 is 1.55 bits per heavy atom. The number of rotatable bonds is 8. The van der Waals surface area contributed by atoms with E-state index in [1.807, 2.05) is 30.3 Å². The minimum atomic E-state index is 0.712. The van der Waals surface area contributed by atoms with E-state index in [-0.39, 0.29) is 0 Å². The van der Waals surface area contributed by atoms with Crippen molar-refractivity contribution in [1.82, 2.24) is 0 Å². The van der Waals surface area contributed by atoms with Gasteiger partial charge in [0.05, 0.1) is 13.7 Å². The van der Waals surface area contributed by atoms with Gasteiger partial charge in [-0.05, 0) is 42.5 Å². The summed E-state index contributed by atoms with van der Waals surface area (Å²) in [6.07, 6.45) is 3.35. The average Bonchev–Trinajstić information content (AvgIpc) is 2.52. The van der Waals surface area contributed by atoms with Crippen LogP contribution in [0, 0.1) is 0 Å². The van der Waals surface area contributed by atoms with Crippen LogP contribution in [0.15, 0.2) is 54.6 Å². The number of hydrogen-bond donors (Lipinski definition) is 0. The Bertz CT molecular complexity index is 477. The second-order valence-electron chi connectivity index (χ2n) is 4.84. The summed E-state index contributed by atoms with van der Waals surface area (Å²) >= 11 is 0. The lowest BCUT2D eigenvalue weighted by atomic mass is 10.1. The van der Waals surface area contributed by atoms with E-state index in [1.54, 1.807) is 7.11 Å². The van der Waals surface area contributed by atoms with Crippen molar-refractivity contribution in [2.24, 2.45) is 0 Å². The lowest BCUT2D eigenvalue weighted by molar-refractivity contribution is 0.117. The van der Waals surface area contributed by atoms with Gasteiger partial charge in [0.1, 0.15) is 5.75 Å². The molecule has 2 nitrogen and oxygen atoms in total. The van der Waals surface area contributed by atoms with Gasteiger partial charge < -0.3 is 9.47 Å². The van der Waals surface area contributed by atoms with Gasteiger partial charge in [-0.1, -0.05) is 42.5 Å². The number of methoxy groups -OCH3 is 1. The van der Waals surface area contributed by atoms with Crippen LogP contribution < -0.4 is 4.74 Å². The third kappa shape index (κ3) is 5.06. The standard InChI is InChI=1S/C18H22O2/c1-19-18-12-10-16(11-13-18)7-5-6-14-20-15-17-8-3-2-4-9-17/h2-4,8-13H,5-7,14-15H2,1H3. The Morgan fingerprint density at radius 1 is 0.800 bits per heavy atom. The lowest BCUT2D eigenvalue weighted by Crippen LogP contribution is -1.96. The Balaban J connectivity index is 1.57. The Hall–Kier alpha value is -1.80. The molecule has 0 aliphatic rings. The fraction of sp³-hybridized carbons (Fsp3) is 0.333. The van der Waals surface area contributed by atoms with Crippen LogP contribution in [0.25, 0.3) is 0 Å². The van der Waals surface area contributed by atoms with E-state index in [9.17, 15) is 0 Å². The highest BCUT2D eigenvalue weighted by molar-refractivity contribution is 5.27. The number of aryl methyl sites for hydroxylation is 1. The van der Waals surface area contributed by atoms with Crippen LogP contribution in [0.1, 0.15) is 24.0 Å². The van der Waals surface area contributed by atoms with E-state index in [1.165, 1.54) is 11.1 Å². The summed E-state index contributed by atoms with van der Waals surface area (Å²) < 4.78 is 10.8. The molecule has 0 saturated carbocycles. The molecule has 0 spiro atoms. The Morgan fingerprint density at radius 3 is 2.25 bits per heavy atom. The van der Waals surface area contributed by atoms with Gasteiger partial charge in [-0.2, -0.15) is 0 Å². The second-order valence-corrected chi connectivity index (χ2v) is 4.84. The molecule has 0 amide bonds. The molecule has 2 rings (SSSR count). The molecule has 0 aromatic heterocycles. The number of hydrogen-bond acceptors (Lipinski definition) is 2. The third-order valence-corrected chi connectivity index (χ3v) is 3.27. The maximum atomic E-state index is 5.67. The largest absolute Gasteiger partial charge is 0.497 e. The number of ether oxygens (including phenoxy) is 2. The predicted molar refractivity (Wildman–Crippen MR) is 82.0 cm³/mol. The first-order valence-electron chi connectivity index (χ1n) is 7.13. The minimum absolute atomic E-state index is 0.712. The topological polar surface area (TPSA) is 18.5 Å². The van der Waals surface area contributed by atoms with Crippen molar-refractivity contribution in [1.29, 1.82) is 0 Å². The van der Waals surface area contributed by atoms with Gasteiger partial charge >= 0.3 is 0 Å². The zero-order valence-corrected chi connectivity index (χ0v) is 12.0. The van der Waals surface area contributed by atoms with Crippen molar-refractivity contribution in [2.45, 2.75) is 25.9 Å². The molecule has 2 heteroatoms. The van der Waals surface area contributed by atoms with Crippen molar-refractivity contribution >= 4 is 0 Å². The molecule has 0 bridgehead atoms. The van der Waals surface area contributed by atoms with E-state index in [2.05, 4.69) is 24.3 Å². The number of unbranched alkanes of at least 4 members (excludes halogenated alkanes) is 1. The van der Waals surface area contributed by atoms with Gasteiger partial charge in [0.25, 0.3) is 0 Å². The highest BCUT2D eigenvalue weighted by Gasteiger charge is 1.96. The maximum absolute atomic E-state index is 5.67. The van der Waals surface area contributed by atoms with Gasteiger partial charge in [-0.3, -0.25) is 0 Å². The first-order chi connectivity index (χ1) is 9.88. The zero-order valence-electron chi connectivity index (χ0n) is 12.0. The summed E-state index contributed by atoms with van der Waals surface area (Å²) in [6.45, 7) is 1.54. The quantitative estimate of drug-likeness (QED) is 0.668. The summed E-state index contributed by atoms with van der Waals surface area (Å²) in [5, 5.41) is 0. The molecule has 2 aromatic carbocycles. The molecule has 20 heavy (non-hydrogen) atoms. The molecule has 0 heterocycles. The fourth-order valence-corrected chi connectivity index (χ4v) is 2.09. The van der Waals surface area contributed by atoms with Crippen LogP contribution >= 0.6 is 0 Å². The van der Waals surface area contributed by atoms with Crippen LogP contribution in [0.3, 0.4) is 0 Å². The molecule has 0 saturated heterocycles. The fourth-order valence-electron chi connectivity index (χ4n) is 2.09. The zero-order chi connectivity index (χ0) is 14.0. The predicted octanol–water partition coefficient (Wildman–Crippen LogP) is 4.23. The van der Waals surface area contributed by atoms with Crippen molar-refractivity contribution in [3.8, 4) is 5.75 Å². The summed E-state index contributed by atoms with van der Waals surface area (Å²) in [5.41, 5.74) is 2.59. The normalized spacial score (nSPS) is 10.4. The van der Waals surface area contributed by atoms with Crippen LogP contribution in [0.5, 0.6) is 5.75 Å². The molecule has 106 valence electrons. The van der Waals surface area contributed by atoms with Crippen molar-refractivity contribution < 1.29 is 9.47 Å². The van der Waals surface area contributed by atoms with E-state index >= 15 is 0 Å². The summed E-state index contributed by atoms with van der Waals surface area (Å²) in [4.78, 5) is 0. The summed E-state index contributed by atoms with van der Waals surface area (Å²) in [6, 6.07) is 18.6. The lowest BCUT2D eigenvalue weighted by Gasteiger charge is -2.05. The second kappa shape index (κ2) is 8.39. The molecule has 0 fully saturated rings. The van der Waals surface area contributed by atoms with Crippen LogP contribution in [0.4, 0.5) is 0 Å². The minimum Gasteiger partial charge on any atom is -0.497 e. The summed E-state index contributed by atoms with van der Waals surface area (Å²) in [5.74, 6) is 0.917. The van der Waals surface area contributed by atoms with Crippen LogP contribution in [0.2, 0.25) is 0 Å². The smallest absolute Gasteiger partial charge is 0.118 e. The van der Waals surface area contributed by atoms with E-state index < -0.39 is 0 Å². The average molecular weight is 270 g/mol. The van der Waals surface area contributed by atoms with Crippen LogP contribution in [-0.2, 0) is 17.8 Å². The molecular formula is C18H22O2. The first kappa shape index (κ1) is 14.6. The van der Waals surface area contributed by atoms with Crippen LogP contribution in [-0.4, -0.2) is 13.7 Å². The molecule has 0 N–H and O–H groups in total. The van der Waals surface area contributed by atoms with Gasteiger partial charge in [-0.25, -0.2) is 0 Å². The summed E-state index contributed by atoms with van der Waals surface area (Å²) in [7, 11) is 1.69. The molecule has 2 aromatic rings. The number of benzene rings is 2. The van der Waals surface area contributed by atoms with Gasteiger partial charge in [0.2, 0.25) is 0 Å². The monoisotopic (exact) mass is 270 g/mol. The maximum Gasteiger partial charge on any atom is 0.118 e.